The third-order valence-corrected chi connectivity index (χ3v) is 19.4. The Morgan fingerprint density at radius 1 is 0.376 bits per heavy atom. The van der Waals surface area contributed by atoms with Crippen LogP contribution in [0.4, 0.5) is 0 Å². The number of ether oxygens (including phenoxy) is 1. The van der Waals surface area contributed by atoms with Gasteiger partial charge in [-0.2, -0.15) is 0 Å². The zero-order valence-electron chi connectivity index (χ0n) is 65.6. The van der Waals surface area contributed by atoms with Crippen molar-refractivity contribution in [3.8, 4) is 0 Å². The highest BCUT2D eigenvalue weighted by Gasteiger charge is 2.18. The maximum atomic E-state index is 11.3. The fourth-order valence-electron chi connectivity index (χ4n) is 13.6. The van der Waals surface area contributed by atoms with E-state index in [1.807, 2.05) is 140 Å². The standard InChI is InChI=1S/C26H25N3O2.C25H24N4O3.C25H24N4O2.C17H25N3O3/c30-26(28-31)16-13-22-11-14-24-23(19-22)27-25(15-12-20-7-3-1-4-8-20)29(24)18-17-21-9-5-2-6-10-21;30-25(28-31)11-9-19-8-10-23-22(15-19)27-24(18-32-17-21-5-2-1-3-6-21)29(23)14-12-20-7-4-13-26-16-20;30-25(28-31)13-10-20-8-11-23-22(17-20)27-24(12-9-19-5-2-1-3-6-19)29(23)16-14-21-7-4-15-26-18-21;1-12(2)10-16-18-14-11-13(5-7-17(22)19-23)4-6-15(14)20(16)8-3-9-21/h1-11,13-14,16,19,31H,12,15,17-18H2,(H,28,30);1-11,13,15-16,31H,12,14,17-18H2,(H,28,30);1-8,10-11,13,15,17-18,31H,9,12,14,16H2,(H,28,30);4,6,11-12,21,23H,3,5,7-10H2,1-2H3,(H,19,22)/b16-13+;11-9+;13-10+;. The summed E-state index contributed by atoms with van der Waals surface area (Å²) in [6.07, 6.45) is 24.7. The van der Waals surface area contributed by atoms with E-state index in [4.69, 9.17) is 50.6 Å². The number of carbonyl (C=O) groups is 4. The normalized spacial score (nSPS) is 11.3. The molecule has 0 saturated heterocycles. The van der Waals surface area contributed by atoms with Crippen LogP contribution >= 0.6 is 0 Å². The monoisotopic (exact) mass is 1570 g/mol. The average molecular weight is 1570 g/mol. The number of aliphatic hydroxyl groups excluding tert-OH is 1. The number of pyridine rings is 2. The number of hydroxylamine groups is 4. The Balaban J connectivity index is 0.000000154. The van der Waals surface area contributed by atoms with Crippen LogP contribution in [0.1, 0.15) is 106 Å². The molecule has 600 valence electrons. The van der Waals surface area contributed by atoms with Crippen molar-refractivity contribution in [1.82, 2.24) is 70.1 Å². The molecule has 0 aliphatic carbocycles. The molecule has 0 spiro atoms. The summed E-state index contributed by atoms with van der Waals surface area (Å²) < 4.78 is 14.9. The third-order valence-electron chi connectivity index (χ3n) is 19.4. The van der Waals surface area contributed by atoms with Crippen molar-refractivity contribution in [1.29, 1.82) is 0 Å². The van der Waals surface area contributed by atoms with Crippen LogP contribution in [0.15, 0.2) is 261 Å². The summed E-state index contributed by atoms with van der Waals surface area (Å²) in [6, 6.07) is 73.2. The third kappa shape index (κ3) is 25.6. The second-order valence-corrected chi connectivity index (χ2v) is 28.3. The Kier molecular flexibility index (Phi) is 32.2. The number of hydrogen-bond acceptors (Lipinski definition) is 16. The SMILES string of the molecule is CC(C)Cc1nc2cc(CCC(=O)NO)ccc2n1CCCO.O=C(/C=C/c1ccc2c(c1)nc(CCc1ccccc1)n2CCc1ccccc1)NO.O=C(/C=C/c1ccc2c(c1)nc(CCc1ccccc1)n2CCc1cccnc1)NO.O=C(/C=C/c1ccc2c(c1)nc(COCc1ccccc1)n2CCc1cccnc1)NO. The van der Waals surface area contributed by atoms with Gasteiger partial charge in [-0.25, -0.2) is 41.9 Å². The van der Waals surface area contributed by atoms with Crippen molar-refractivity contribution in [2.75, 3.05) is 6.61 Å². The van der Waals surface area contributed by atoms with E-state index >= 15 is 0 Å². The van der Waals surface area contributed by atoms with Gasteiger partial charge in [-0.1, -0.05) is 172 Å². The summed E-state index contributed by atoms with van der Waals surface area (Å²) in [6.45, 7) is 8.54. The molecule has 14 aromatic rings. The minimum Gasteiger partial charge on any atom is -0.396 e. The van der Waals surface area contributed by atoms with Crippen LogP contribution in [0, 0.1) is 5.92 Å². The number of fused-ring (bicyclic) bond motifs is 4. The Labute approximate surface area is 679 Å². The molecule has 8 aromatic carbocycles. The molecule has 0 fully saturated rings. The van der Waals surface area contributed by atoms with Gasteiger partial charge in [0.25, 0.3) is 17.7 Å². The molecule has 14 rings (SSSR count). The largest absolute Gasteiger partial charge is 0.396 e. The minimum atomic E-state index is -0.581. The van der Waals surface area contributed by atoms with Gasteiger partial charge in [-0.15, -0.1) is 0 Å². The lowest BCUT2D eigenvalue weighted by atomic mass is 10.1. The lowest BCUT2D eigenvalue weighted by Crippen LogP contribution is -2.18. The number of imidazole rings is 4. The Bertz CT molecular complexity index is 5410. The molecule has 0 radical (unpaired) electrons. The number of benzene rings is 8. The van der Waals surface area contributed by atoms with Crippen molar-refractivity contribution in [2.45, 2.75) is 124 Å². The van der Waals surface area contributed by atoms with Gasteiger partial charge in [-0.3, -0.25) is 50.0 Å². The highest BCUT2D eigenvalue weighted by molar-refractivity contribution is 5.93. The molecule has 6 heterocycles. The number of nitrogens with one attached hydrogen (secondary N) is 4. The Hall–Kier alpha value is -13.2. The summed E-state index contributed by atoms with van der Waals surface area (Å²) in [7, 11) is 0. The van der Waals surface area contributed by atoms with E-state index in [1.54, 1.807) is 52.5 Å². The maximum Gasteiger partial charge on any atom is 0.267 e. The number of hydrogen-bond donors (Lipinski definition) is 9. The van der Waals surface area contributed by atoms with E-state index in [0.29, 0.717) is 32.0 Å². The number of rotatable bonds is 33. The molecule has 24 heteroatoms. The number of carbonyl (C=O) groups excluding carboxylic acids is 4. The fraction of sp³-hybridized carbons (Fsp3) is 0.226. The van der Waals surface area contributed by atoms with E-state index in [0.717, 1.165) is 178 Å². The molecular formula is C93H98N14O10. The van der Waals surface area contributed by atoms with Crippen LogP contribution in [0.25, 0.3) is 62.4 Å². The highest BCUT2D eigenvalue weighted by Crippen LogP contribution is 2.27. The molecule has 117 heavy (non-hydrogen) atoms. The first-order chi connectivity index (χ1) is 57.2. The van der Waals surface area contributed by atoms with Gasteiger partial charge in [0.15, 0.2) is 0 Å². The van der Waals surface area contributed by atoms with Crippen molar-refractivity contribution >= 4 is 86.0 Å². The summed E-state index contributed by atoms with van der Waals surface area (Å²) in [5.74, 6) is 2.39. The predicted octanol–water partition coefficient (Wildman–Crippen LogP) is 14.5. The zero-order valence-corrected chi connectivity index (χ0v) is 65.6. The van der Waals surface area contributed by atoms with Crippen molar-refractivity contribution in [3.63, 3.8) is 0 Å². The number of aryl methyl sites for hydroxylation is 12. The first kappa shape index (κ1) is 84.7. The number of aromatic nitrogens is 10. The zero-order chi connectivity index (χ0) is 81.9. The van der Waals surface area contributed by atoms with Gasteiger partial charge < -0.3 is 28.1 Å². The second kappa shape index (κ2) is 44.5. The van der Waals surface area contributed by atoms with Gasteiger partial charge in [0.2, 0.25) is 5.91 Å². The van der Waals surface area contributed by atoms with Crippen LogP contribution in [0.2, 0.25) is 0 Å². The molecule has 0 unspecified atom stereocenters. The molecule has 0 atom stereocenters. The van der Waals surface area contributed by atoms with Crippen LogP contribution in [0.5, 0.6) is 0 Å². The minimum absolute atomic E-state index is 0.162. The van der Waals surface area contributed by atoms with Crippen molar-refractivity contribution in [2.24, 2.45) is 5.92 Å². The fourth-order valence-corrected chi connectivity index (χ4v) is 13.6. The molecule has 24 nitrogen and oxygen atoms in total. The maximum absolute atomic E-state index is 11.3. The highest BCUT2D eigenvalue weighted by atomic mass is 16.5. The van der Waals surface area contributed by atoms with Gasteiger partial charge in [-0.05, 0) is 185 Å². The molecule has 0 saturated carbocycles. The van der Waals surface area contributed by atoms with E-state index in [9.17, 15) is 19.2 Å². The number of aliphatic hydroxyl groups is 1. The molecular weight excluding hydrogens is 1470 g/mol. The summed E-state index contributed by atoms with van der Waals surface area (Å²) in [4.78, 5) is 72.8. The molecule has 0 aliphatic heterocycles. The van der Waals surface area contributed by atoms with Gasteiger partial charge in [0.1, 0.15) is 29.9 Å². The number of nitrogens with zero attached hydrogens (tertiary/aromatic N) is 10. The van der Waals surface area contributed by atoms with Crippen molar-refractivity contribution in [3.05, 3.63) is 340 Å². The summed E-state index contributed by atoms with van der Waals surface area (Å²) in [5, 5.41) is 43.6. The second-order valence-electron chi connectivity index (χ2n) is 28.3. The average Bonchev–Trinajstić information content (AvgIpc) is 1.67. The van der Waals surface area contributed by atoms with E-state index in [-0.39, 0.29) is 18.9 Å². The predicted molar refractivity (Wildman–Crippen MR) is 453 cm³/mol. The van der Waals surface area contributed by atoms with Crippen LogP contribution in [0.3, 0.4) is 0 Å². The molecule has 6 aromatic heterocycles. The van der Waals surface area contributed by atoms with E-state index in [2.05, 4.69) is 133 Å². The summed E-state index contributed by atoms with van der Waals surface area (Å²) in [5.41, 5.74) is 25.1. The summed E-state index contributed by atoms with van der Waals surface area (Å²) >= 11 is 0. The molecule has 4 amide bonds. The lowest BCUT2D eigenvalue weighted by molar-refractivity contribution is -0.129. The van der Waals surface area contributed by atoms with Crippen LogP contribution < -0.4 is 21.9 Å². The lowest BCUT2D eigenvalue weighted by Gasteiger charge is -2.10. The molecule has 0 bridgehead atoms. The van der Waals surface area contributed by atoms with E-state index in [1.165, 1.54) is 40.5 Å². The Morgan fingerprint density at radius 3 is 1.16 bits per heavy atom. The van der Waals surface area contributed by atoms with Crippen LogP contribution in [-0.4, -0.2) is 104 Å². The molecule has 0 aliphatic rings. The van der Waals surface area contributed by atoms with Crippen molar-refractivity contribution < 1.29 is 49.9 Å². The quantitative estimate of drug-likeness (QED) is 0.0105. The smallest absolute Gasteiger partial charge is 0.267 e. The van der Waals surface area contributed by atoms with Gasteiger partial charge >= 0.3 is 0 Å². The first-order valence-electron chi connectivity index (χ1n) is 39.1. The van der Waals surface area contributed by atoms with E-state index < -0.39 is 17.7 Å². The van der Waals surface area contributed by atoms with Gasteiger partial charge in [0, 0.05) is 101 Å². The topological polar surface area (TPSA) is 324 Å². The number of amides is 4. The first-order valence-corrected chi connectivity index (χ1v) is 39.1. The van der Waals surface area contributed by atoms with Crippen LogP contribution in [-0.2, 0) is 121 Å². The van der Waals surface area contributed by atoms with Gasteiger partial charge in [0.05, 0.1) is 50.7 Å². The Morgan fingerprint density at radius 2 is 0.752 bits per heavy atom. The molecule has 9 N–H and O–H groups in total.